The van der Waals surface area contributed by atoms with Crippen molar-refractivity contribution in [3.63, 3.8) is 0 Å². The van der Waals surface area contributed by atoms with Crippen LogP contribution in [0, 0.1) is 0 Å². The highest BCUT2D eigenvalue weighted by Crippen LogP contribution is 2.26. The quantitative estimate of drug-likeness (QED) is 0.857. The zero-order valence-corrected chi connectivity index (χ0v) is 10.3. The van der Waals surface area contributed by atoms with E-state index >= 15 is 0 Å². The van der Waals surface area contributed by atoms with Gasteiger partial charge in [0, 0.05) is 4.47 Å². The van der Waals surface area contributed by atoms with Crippen molar-refractivity contribution in [1.29, 1.82) is 0 Å². The summed E-state index contributed by atoms with van der Waals surface area (Å²) in [5, 5.41) is 11.5. The molecule has 17 heavy (non-hydrogen) atoms. The molecule has 0 aromatic heterocycles. The standard InChI is InChI=1S/C11H10BrNO4/c12-7-3-1-2-6(4-7)10-9(11(15)16)13-8(14)5-17-10/h1-4,9-10H,5H2,(H,13,14)(H,15,16). The number of rotatable bonds is 2. The number of hydrogen-bond acceptors (Lipinski definition) is 3. The number of aliphatic carboxylic acids is 1. The smallest absolute Gasteiger partial charge is 0.329 e. The van der Waals surface area contributed by atoms with Crippen molar-refractivity contribution in [3.8, 4) is 0 Å². The fourth-order valence-electron chi connectivity index (χ4n) is 1.72. The first kappa shape index (κ1) is 12.1. The predicted molar refractivity (Wildman–Crippen MR) is 62.4 cm³/mol. The number of carboxylic acid groups (broad SMARTS) is 1. The number of nitrogens with one attached hydrogen (secondary N) is 1. The van der Waals surface area contributed by atoms with E-state index in [1.165, 1.54) is 0 Å². The largest absolute Gasteiger partial charge is 0.480 e. The molecule has 1 aliphatic heterocycles. The molecule has 0 radical (unpaired) electrons. The maximum atomic E-state index is 11.1. The lowest BCUT2D eigenvalue weighted by Gasteiger charge is -2.29. The molecule has 6 heteroatoms. The third-order valence-electron chi connectivity index (χ3n) is 2.46. The van der Waals surface area contributed by atoms with Gasteiger partial charge in [-0.05, 0) is 17.7 Å². The molecule has 0 saturated carbocycles. The summed E-state index contributed by atoms with van der Waals surface area (Å²) in [6.45, 7) is -0.124. The fourth-order valence-corrected chi connectivity index (χ4v) is 2.13. The van der Waals surface area contributed by atoms with Gasteiger partial charge in [-0.1, -0.05) is 28.1 Å². The lowest BCUT2D eigenvalue weighted by Crippen LogP contribution is -2.51. The van der Waals surface area contributed by atoms with Crippen LogP contribution >= 0.6 is 15.9 Å². The second kappa shape index (κ2) is 4.85. The first-order valence-corrected chi connectivity index (χ1v) is 5.76. The second-order valence-corrected chi connectivity index (χ2v) is 4.59. The molecule has 2 unspecified atom stereocenters. The van der Waals surface area contributed by atoms with E-state index in [0.29, 0.717) is 5.56 Å². The molecule has 1 aliphatic rings. The number of carbonyl (C=O) groups excluding carboxylic acids is 1. The van der Waals surface area contributed by atoms with Gasteiger partial charge in [0.2, 0.25) is 5.91 Å². The summed E-state index contributed by atoms with van der Waals surface area (Å²) in [5.41, 5.74) is 0.715. The molecule has 0 spiro atoms. The van der Waals surface area contributed by atoms with Crippen LogP contribution in [0.3, 0.4) is 0 Å². The minimum atomic E-state index is -1.11. The molecule has 0 bridgehead atoms. The van der Waals surface area contributed by atoms with E-state index in [1.54, 1.807) is 18.2 Å². The normalized spacial score (nSPS) is 24.2. The lowest BCUT2D eigenvalue weighted by atomic mass is 10.0. The summed E-state index contributed by atoms with van der Waals surface area (Å²) < 4.78 is 6.12. The SMILES string of the molecule is O=C1COC(c2cccc(Br)c2)C(C(=O)O)N1. The summed E-state index contributed by atoms with van der Waals surface area (Å²) in [7, 11) is 0. The molecule has 1 aromatic rings. The topological polar surface area (TPSA) is 75.6 Å². The van der Waals surface area contributed by atoms with E-state index in [9.17, 15) is 9.59 Å². The predicted octanol–water partition coefficient (Wildman–Crippen LogP) is 1.09. The Morgan fingerprint density at radius 2 is 2.29 bits per heavy atom. The maximum Gasteiger partial charge on any atom is 0.329 e. The van der Waals surface area contributed by atoms with Crippen molar-refractivity contribution in [2.75, 3.05) is 6.61 Å². The van der Waals surface area contributed by atoms with E-state index in [1.807, 2.05) is 6.07 Å². The van der Waals surface area contributed by atoms with Crippen molar-refractivity contribution >= 4 is 27.8 Å². The van der Waals surface area contributed by atoms with Gasteiger partial charge in [-0.25, -0.2) is 4.79 Å². The highest BCUT2D eigenvalue weighted by Gasteiger charge is 2.35. The summed E-state index contributed by atoms with van der Waals surface area (Å²) in [6.07, 6.45) is -0.664. The fraction of sp³-hybridized carbons (Fsp3) is 0.273. The number of benzene rings is 1. The Labute approximate surface area is 106 Å². The van der Waals surface area contributed by atoms with Gasteiger partial charge in [0.05, 0.1) is 0 Å². The molecule has 1 aromatic carbocycles. The van der Waals surface area contributed by atoms with Crippen LogP contribution in [0.25, 0.3) is 0 Å². The van der Waals surface area contributed by atoms with Gasteiger partial charge in [-0.3, -0.25) is 4.79 Å². The van der Waals surface area contributed by atoms with Crippen molar-refractivity contribution in [2.45, 2.75) is 12.1 Å². The summed E-state index contributed by atoms with van der Waals surface area (Å²) in [5.74, 6) is -1.52. The molecule has 1 heterocycles. The van der Waals surface area contributed by atoms with Crippen LogP contribution in [0.2, 0.25) is 0 Å². The molecule has 2 atom stereocenters. The van der Waals surface area contributed by atoms with Gasteiger partial charge >= 0.3 is 5.97 Å². The first-order chi connectivity index (χ1) is 8.08. The van der Waals surface area contributed by atoms with Crippen LogP contribution in [0.4, 0.5) is 0 Å². The summed E-state index contributed by atoms with van der Waals surface area (Å²) in [6, 6.07) is 6.12. The van der Waals surface area contributed by atoms with Crippen LogP contribution < -0.4 is 5.32 Å². The molecule has 1 amide bonds. The zero-order chi connectivity index (χ0) is 12.4. The maximum absolute atomic E-state index is 11.1. The van der Waals surface area contributed by atoms with Gasteiger partial charge in [0.25, 0.3) is 0 Å². The molecule has 1 saturated heterocycles. The monoisotopic (exact) mass is 299 g/mol. The van der Waals surface area contributed by atoms with Crippen molar-refractivity contribution in [3.05, 3.63) is 34.3 Å². The number of ether oxygens (including phenoxy) is 1. The highest BCUT2D eigenvalue weighted by molar-refractivity contribution is 9.10. The second-order valence-electron chi connectivity index (χ2n) is 3.67. The van der Waals surface area contributed by atoms with E-state index in [-0.39, 0.29) is 6.61 Å². The van der Waals surface area contributed by atoms with E-state index < -0.39 is 24.0 Å². The average molecular weight is 300 g/mol. The number of halogens is 1. The Morgan fingerprint density at radius 3 is 2.94 bits per heavy atom. The van der Waals surface area contributed by atoms with E-state index in [0.717, 1.165) is 4.47 Å². The third-order valence-corrected chi connectivity index (χ3v) is 2.95. The van der Waals surface area contributed by atoms with Crippen molar-refractivity contribution in [1.82, 2.24) is 5.32 Å². The minimum absolute atomic E-state index is 0.124. The van der Waals surface area contributed by atoms with Crippen LogP contribution in [0.15, 0.2) is 28.7 Å². The van der Waals surface area contributed by atoms with Gasteiger partial charge < -0.3 is 15.2 Å². The van der Waals surface area contributed by atoms with Crippen molar-refractivity contribution < 1.29 is 19.4 Å². The minimum Gasteiger partial charge on any atom is -0.480 e. The Balaban J connectivity index is 2.29. The Kier molecular flexibility index (Phi) is 3.44. The van der Waals surface area contributed by atoms with Crippen LogP contribution in [-0.2, 0) is 14.3 Å². The highest BCUT2D eigenvalue weighted by atomic mass is 79.9. The van der Waals surface area contributed by atoms with Gasteiger partial charge in [0.15, 0.2) is 6.04 Å². The molecule has 5 nitrogen and oxygen atoms in total. The molecule has 2 N–H and O–H groups in total. The molecule has 2 rings (SSSR count). The molecule has 0 aliphatic carbocycles. The van der Waals surface area contributed by atoms with Gasteiger partial charge in [-0.2, -0.15) is 0 Å². The first-order valence-electron chi connectivity index (χ1n) is 4.97. The summed E-state index contributed by atoms with van der Waals surface area (Å²) in [4.78, 5) is 22.2. The molecular weight excluding hydrogens is 290 g/mol. The Bertz CT molecular complexity index is 463. The van der Waals surface area contributed by atoms with Gasteiger partial charge in [0.1, 0.15) is 12.7 Å². The van der Waals surface area contributed by atoms with E-state index in [2.05, 4.69) is 21.2 Å². The molecule has 1 fully saturated rings. The molecule has 90 valence electrons. The van der Waals surface area contributed by atoms with E-state index in [4.69, 9.17) is 9.84 Å². The summed E-state index contributed by atoms with van der Waals surface area (Å²) >= 11 is 3.31. The van der Waals surface area contributed by atoms with Crippen molar-refractivity contribution in [2.24, 2.45) is 0 Å². The van der Waals surface area contributed by atoms with Crippen LogP contribution in [0.1, 0.15) is 11.7 Å². The molecular formula is C11H10BrNO4. The Hall–Kier alpha value is -1.40. The Morgan fingerprint density at radius 1 is 1.53 bits per heavy atom. The number of morpholine rings is 1. The number of amides is 1. The number of hydrogen-bond donors (Lipinski definition) is 2. The number of carboxylic acids is 1. The number of carbonyl (C=O) groups is 2. The third kappa shape index (κ3) is 2.65. The average Bonchev–Trinajstić information content (AvgIpc) is 2.28. The zero-order valence-electron chi connectivity index (χ0n) is 8.72. The lowest BCUT2D eigenvalue weighted by molar-refractivity contribution is -0.154. The van der Waals surface area contributed by atoms with Crippen LogP contribution in [-0.4, -0.2) is 29.6 Å². The van der Waals surface area contributed by atoms with Gasteiger partial charge in [-0.15, -0.1) is 0 Å². The van der Waals surface area contributed by atoms with Crippen LogP contribution in [0.5, 0.6) is 0 Å².